The number of hydrogen-bond acceptors (Lipinski definition) is 6. The maximum atomic E-state index is 11.8. The Balaban J connectivity index is 1.82. The van der Waals surface area contributed by atoms with E-state index < -0.39 is 0 Å². The van der Waals surface area contributed by atoms with Gasteiger partial charge in [-0.25, -0.2) is 4.98 Å². The van der Waals surface area contributed by atoms with E-state index in [4.69, 9.17) is 0 Å². The maximum Gasteiger partial charge on any atom is 0.271 e. The van der Waals surface area contributed by atoms with E-state index >= 15 is 0 Å². The molecule has 2 heterocycles. The van der Waals surface area contributed by atoms with Crippen molar-refractivity contribution in [1.82, 2.24) is 20.5 Å². The molecule has 100 valence electrons. The third-order valence-corrected chi connectivity index (χ3v) is 3.04. The summed E-state index contributed by atoms with van der Waals surface area (Å²) < 4.78 is 0. The Labute approximate surface area is 115 Å². The van der Waals surface area contributed by atoms with E-state index in [1.807, 2.05) is 12.3 Å². The van der Waals surface area contributed by atoms with E-state index in [-0.39, 0.29) is 5.91 Å². The molecule has 1 amide bonds. The van der Waals surface area contributed by atoms with E-state index in [0.29, 0.717) is 18.1 Å². The number of nitrogens with one attached hydrogen (secondary N) is 2. The number of anilines is 1. The van der Waals surface area contributed by atoms with Gasteiger partial charge in [0.25, 0.3) is 5.91 Å². The van der Waals surface area contributed by atoms with Crippen molar-refractivity contribution in [2.75, 3.05) is 18.4 Å². The van der Waals surface area contributed by atoms with Gasteiger partial charge in [0.15, 0.2) is 5.69 Å². The standard InChI is InChI=1S/C12H15N5OS/c1-2-13-11-4-3-10(16-17-11)12(18)14-6-5-9-7-19-8-15-9/h3-4,7-8H,2,5-6H2,1H3,(H,13,17)(H,14,18). The molecule has 0 radical (unpaired) electrons. The van der Waals surface area contributed by atoms with E-state index in [0.717, 1.165) is 18.7 Å². The van der Waals surface area contributed by atoms with Crippen LogP contribution in [0.1, 0.15) is 23.1 Å². The zero-order chi connectivity index (χ0) is 13.5. The molecule has 0 aliphatic rings. The van der Waals surface area contributed by atoms with E-state index in [9.17, 15) is 4.79 Å². The second-order valence-electron chi connectivity index (χ2n) is 3.82. The highest BCUT2D eigenvalue weighted by Gasteiger charge is 2.07. The smallest absolute Gasteiger partial charge is 0.271 e. The summed E-state index contributed by atoms with van der Waals surface area (Å²) in [5, 5.41) is 15.6. The molecule has 0 spiro atoms. The van der Waals surface area contributed by atoms with Gasteiger partial charge in [-0.1, -0.05) is 0 Å². The molecule has 0 aliphatic carbocycles. The molecule has 0 bridgehead atoms. The summed E-state index contributed by atoms with van der Waals surface area (Å²) in [7, 11) is 0. The van der Waals surface area contributed by atoms with Gasteiger partial charge in [0.2, 0.25) is 0 Å². The lowest BCUT2D eigenvalue weighted by Gasteiger charge is -2.04. The molecule has 0 saturated carbocycles. The van der Waals surface area contributed by atoms with Gasteiger partial charge in [-0.05, 0) is 19.1 Å². The van der Waals surface area contributed by atoms with Crippen LogP contribution >= 0.6 is 11.3 Å². The minimum absolute atomic E-state index is 0.217. The average Bonchev–Trinajstić information content (AvgIpc) is 2.93. The highest BCUT2D eigenvalue weighted by Crippen LogP contribution is 2.02. The molecule has 0 aromatic carbocycles. The minimum Gasteiger partial charge on any atom is -0.369 e. The molecule has 6 nitrogen and oxygen atoms in total. The monoisotopic (exact) mass is 277 g/mol. The number of thiazole rings is 1. The van der Waals surface area contributed by atoms with Crippen LogP contribution in [0.15, 0.2) is 23.0 Å². The number of rotatable bonds is 6. The first-order chi connectivity index (χ1) is 9.29. The van der Waals surface area contributed by atoms with E-state index in [1.165, 1.54) is 0 Å². The fraction of sp³-hybridized carbons (Fsp3) is 0.333. The largest absolute Gasteiger partial charge is 0.369 e. The molecule has 0 saturated heterocycles. The fourth-order valence-electron chi connectivity index (χ4n) is 1.48. The molecule has 2 N–H and O–H groups in total. The van der Waals surface area contributed by atoms with Crippen LogP contribution in [0.5, 0.6) is 0 Å². The van der Waals surface area contributed by atoms with Crippen molar-refractivity contribution in [3.8, 4) is 0 Å². The molecule has 2 aromatic rings. The van der Waals surface area contributed by atoms with Crippen molar-refractivity contribution in [1.29, 1.82) is 0 Å². The zero-order valence-electron chi connectivity index (χ0n) is 10.6. The number of nitrogens with zero attached hydrogens (tertiary/aromatic N) is 3. The first kappa shape index (κ1) is 13.4. The lowest BCUT2D eigenvalue weighted by Crippen LogP contribution is -2.26. The molecule has 19 heavy (non-hydrogen) atoms. The third-order valence-electron chi connectivity index (χ3n) is 2.41. The number of amides is 1. The highest BCUT2D eigenvalue weighted by atomic mass is 32.1. The summed E-state index contributed by atoms with van der Waals surface area (Å²) in [6.45, 7) is 3.29. The van der Waals surface area contributed by atoms with Crippen LogP contribution in [-0.4, -0.2) is 34.2 Å². The van der Waals surface area contributed by atoms with Crippen LogP contribution in [0.4, 0.5) is 5.82 Å². The normalized spacial score (nSPS) is 10.2. The Bertz CT molecular complexity index is 511. The number of carbonyl (C=O) groups is 1. The summed E-state index contributed by atoms with van der Waals surface area (Å²) in [5.74, 6) is 0.451. The SMILES string of the molecule is CCNc1ccc(C(=O)NCCc2cscn2)nn1. The molecule has 7 heteroatoms. The van der Waals surface area contributed by atoms with Crippen LogP contribution < -0.4 is 10.6 Å². The lowest BCUT2D eigenvalue weighted by atomic mass is 10.3. The Morgan fingerprint density at radius 3 is 2.89 bits per heavy atom. The average molecular weight is 277 g/mol. The van der Waals surface area contributed by atoms with Gasteiger partial charge in [0.05, 0.1) is 11.2 Å². The Kier molecular flexibility index (Phi) is 4.79. The molecule has 0 atom stereocenters. The highest BCUT2D eigenvalue weighted by molar-refractivity contribution is 7.07. The Hall–Kier alpha value is -2.02. The summed E-state index contributed by atoms with van der Waals surface area (Å²) in [5.41, 5.74) is 3.08. The van der Waals surface area contributed by atoms with Crippen molar-refractivity contribution in [3.63, 3.8) is 0 Å². The van der Waals surface area contributed by atoms with Gasteiger partial charge in [0, 0.05) is 24.9 Å². The van der Waals surface area contributed by atoms with Crippen LogP contribution in [0.25, 0.3) is 0 Å². The number of aromatic nitrogens is 3. The number of carbonyl (C=O) groups excluding carboxylic acids is 1. The zero-order valence-corrected chi connectivity index (χ0v) is 11.4. The summed E-state index contributed by atoms with van der Waals surface area (Å²) >= 11 is 1.55. The second-order valence-corrected chi connectivity index (χ2v) is 4.54. The molecule has 2 aromatic heterocycles. The Morgan fingerprint density at radius 2 is 2.26 bits per heavy atom. The van der Waals surface area contributed by atoms with Crippen LogP contribution in [0.3, 0.4) is 0 Å². The first-order valence-corrected chi connectivity index (χ1v) is 6.96. The third kappa shape index (κ3) is 3.99. The Morgan fingerprint density at radius 1 is 1.37 bits per heavy atom. The van der Waals surface area contributed by atoms with Gasteiger partial charge >= 0.3 is 0 Å². The summed E-state index contributed by atoms with van der Waals surface area (Å²) in [4.78, 5) is 15.9. The van der Waals surface area contributed by atoms with Crippen molar-refractivity contribution in [3.05, 3.63) is 34.4 Å². The molecular weight excluding hydrogens is 262 g/mol. The van der Waals surface area contributed by atoms with Crippen molar-refractivity contribution >= 4 is 23.1 Å². The first-order valence-electron chi connectivity index (χ1n) is 6.02. The predicted octanol–water partition coefficient (Wildman–Crippen LogP) is 1.34. The maximum absolute atomic E-state index is 11.8. The van der Waals surface area contributed by atoms with E-state index in [2.05, 4.69) is 25.8 Å². The summed E-state index contributed by atoms with van der Waals surface area (Å²) in [6.07, 6.45) is 0.720. The van der Waals surface area contributed by atoms with Crippen molar-refractivity contribution in [2.24, 2.45) is 0 Å². The van der Waals surface area contributed by atoms with Crippen molar-refractivity contribution < 1.29 is 4.79 Å². The number of hydrogen-bond donors (Lipinski definition) is 2. The topological polar surface area (TPSA) is 79.8 Å². The summed E-state index contributed by atoms with van der Waals surface area (Å²) in [6, 6.07) is 3.40. The van der Waals surface area contributed by atoms with E-state index in [1.54, 1.807) is 29.0 Å². The van der Waals surface area contributed by atoms with Crippen LogP contribution in [0.2, 0.25) is 0 Å². The van der Waals surface area contributed by atoms with Gasteiger partial charge in [-0.2, -0.15) is 0 Å². The van der Waals surface area contributed by atoms with Gasteiger partial charge < -0.3 is 10.6 Å². The fourth-order valence-corrected chi connectivity index (χ4v) is 2.08. The predicted molar refractivity (Wildman–Crippen MR) is 74.3 cm³/mol. The molecule has 0 unspecified atom stereocenters. The van der Waals surface area contributed by atoms with Crippen LogP contribution in [-0.2, 0) is 6.42 Å². The van der Waals surface area contributed by atoms with Crippen LogP contribution in [0, 0.1) is 0 Å². The second kappa shape index (κ2) is 6.79. The molecular formula is C12H15N5OS. The minimum atomic E-state index is -0.217. The molecule has 0 fully saturated rings. The van der Waals surface area contributed by atoms with Gasteiger partial charge in [-0.15, -0.1) is 21.5 Å². The molecule has 0 aliphatic heterocycles. The van der Waals surface area contributed by atoms with Gasteiger partial charge in [-0.3, -0.25) is 4.79 Å². The lowest BCUT2D eigenvalue weighted by molar-refractivity contribution is 0.0948. The van der Waals surface area contributed by atoms with Crippen molar-refractivity contribution in [2.45, 2.75) is 13.3 Å². The van der Waals surface area contributed by atoms with Gasteiger partial charge in [0.1, 0.15) is 5.82 Å². The quantitative estimate of drug-likeness (QED) is 0.833. The molecule has 2 rings (SSSR count).